The van der Waals surface area contributed by atoms with Crippen molar-refractivity contribution in [2.24, 2.45) is 0 Å². The van der Waals surface area contributed by atoms with E-state index in [4.69, 9.17) is 14.2 Å². The lowest BCUT2D eigenvalue weighted by Gasteiger charge is -2.32. The fourth-order valence-electron chi connectivity index (χ4n) is 2.80. The van der Waals surface area contributed by atoms with Gasteiger partial charge in [-0.25, -0.2) is 0 Å². The van der Waals surface area contributed by atoms with E-state index in [0.717, 1.165) is 5.56 Å². The van der Waals surface area contributed by atoms with Gasteiger partial charge in [0.1, 0.15) is 11.7 Å². The van der Waals surface area contributed by atoms with Gasteiger partial charge in [-0.05, 0) is 11.6 Å². The Hall–Kier alpha value is -1.16. The lowest BCUT2D eigenvalue weighted by Crippen LogP contribution is -2.42. The molecule has 2 heterocycles. The zero-order valence-corrected chi connectivity index (χ0v) is 10.1. The molecule has 1 fully saturated rings. The second kappa shape index (κ2) is 3.67. The van der Waals surface area contributed by atoms with E-state index in [1.54, 1.807) is 14.2 Å². The summed E-state index contributed by atoms with van der Waals surface area (Å²) < 4.78 is 17.1. The van der Waals surface area contributed by atoms with Crippen LogP contribution in [0.2, 0.25) is 0 Å². The normalized spacial score (nSPS) is 33.2. The minimum absolute atomic E-state index is 0.127. The molecule has 2 atom stereocenters. The third-order valence-corrected chi connectivity index (χ3v) is 3.77. The van der Waals surface area contributed by atoms with Gasteiger partial charge in [0, 0.05) is 20.6 Å². The third-order valence-electron chi connectivity index (χ3n) is 3.77. The molecule has 1 saturated heterocycles. The van der Waals surface area contributed by atoms with Crippen molar-refractivity contribution in [1.82, 2.24) is 0 Å². The Morgan fingerprint density at radius 1 is 1.18 bits per heavy atom. The molecule has 0 saturated carbocycles. The number of fused-ring (bicyclic) bond motifs is 2. The van der Waals surface area contributed by atoms with E-state index in [1.807, 2.05) is 24.3 Å². The van der Waals surface area contributed by atoms with Crippen LogP contribution in [0.1, 0.15) is 12.0 Å². The minimum Gasteiger partial charge on any atom is -0.353 e. The average Bonchev–Trinajstić information content (AvgIpc) is 2.97. The van der Waals surface area contributed by atoms with Crippen LogP contribution in [0.25, 0.3) is 0 Å². The number of hydrogen-bond donors (Lipinski definition) is 0. The maximum atomic E-state index is 6.08. The van der Waals surface area contributed by atoms with Gasteiger partial charge in [0.15, 0.2) is 0 Å². The minimum atomic E-state index is -0.648. The second-order valence-electron chi connectivity index (χ2n) is 4.55. The Bertz CT molecular complexity index is 436. The summed E-state index contributed by atoms with van der Waals surface area (Å²) in [6.45, 7) is 0. The van der Waals surface area contributed by atoms with Crippen LogP contribution in [0.15, 0.2) is 42.5 Å². The van der Waals surface area contributed by atoms with Gasteiger partial charge in [-0.3, -0.25) is 0 Å². The molecule has 0 amide bonds. The molecular formula is C14H16O3. The van der Waals surface area contributed by atoms with Gasteiger partial charge in [0.25, 0.3) is 0 Å². The van der Waals surface area contributed by atoms with E-state index in [9.17, 15) is 0 Å². The van der Waals surface area contributed by atoms with E-state index in [1.165, 1.54) is 0 Å². The van der Waals surface area contributed by atoms with Crippen molar-refractivity contribution in [2.75, 3.05) is 14.2 Å². The summed E-state index contributed by atoms with van der Waals surface area (Å²) in [7, 11) is 3.33. The fraction of sp³-hybridized carbons (Fsp3) is 0.429. The van der Waals surface area contributed by atoms with Gasteiger partial charge in [0.05, 0.1) is 0 Å². The van der Waals surface area contributed by atoms with Crippen molar-refractivity contribution in [2.45, 2.75) is 23.9 Å². The molecular weight excluding hydrogens is 216 g/mol. The molecule has 3 nitrogen and oxygen atoms in total. The number of methoxy groups -OCH3 is 2. The molecule has 1 aromatic rings. The predicted octanol–water partition coefficient (Wildman–Crippen LogP) is 2.23. The molecule has 0 spiro atoms. The monoisotopic (exact) mass is 232 g/mol. The van der Waals surface area contributed by atoms with Crippen molar-refractivity contribution in [3.63, 3.8) is 0 Å². The lowest BCUT2D eigenvalue weighted by atomic mass is 9.84. The standard InChI is InChI=1S/C14H16O3/c1-15-14(16-2)10-13(9-8-12(14)17-13)11-6-4-3-5-7-11/h3-9,12H,10H2,1-2H3. The highest BCUT2D eigenvalue weighted by molar-refractivity contribution is 5.35. The average molecular weight is 232 g/mol. The molecule has 0 aromatic heterocycles. The largest absolute Gasteiger partial charge is 0.353 e. The summed E-state index contributed by atoms with van der Waals surface area (Å²) >= 11 is 0. The zero-order chi connectivity index (χ0) is 11.9. The van der Waals surface area contributed by atoms with Crippen molar-refractivity contribution >= 4 is 0 Å². The Labute approximate surface area is 101 Å². The van der Waals surface area contributed by atoms with Crippen LogP contribution in [0.4, 0.5) is 0 Å². The second-order valence-corrected chi connectivity index (χ2v) is 4.55. The van der Waals surface area contributed by atoms with Crippen LogP contribution >= 0.6 is 0 Å². The first kappa shape index (κ1) is 11.0. The Morgan fingerprint density at radius 2 is 1.88 bits per heavy atom. The highest BCUT2D eigenvalue weighted by Gasteiger charge is 2.59. The predicted molar refractivity (Wildman–Crippen MR) is 63.5 cm³/mol. The number of ether oxygens (including phenoxy) is 3. The van der Waals surface area contributed by atoms with E-state index < -0.39 is 11.4 Å². The Morgan fingerprint density at radius 3 is 2.47 bits per heavy atom. The molecule has 3 rings (SSSR count). The van der Waals surface area contributed by atoms with E-state index in [2.05, 4.69) is 18.2 Å². The Balaban J connectivity index is 2.01. The lowest BCUT2D eigenvalue weighted by molar-refractivity contribution is -0.220. The maximum Gasteiger partial charge on any atom is 0.201 e. The maximum absolute atomic E-state index is 6.08. The van der Waals surface area contributed by atoms with Gasteiger partial charge < -0.3 is 14.2 Å². The topological polar surface area (TPSA) is 27.7 Å². The van der Waals surface area contributed by atoms with Crippen molar-refractivity contribution in [3.8, 4) is 0 Å². The number of benzene rings is 1. The first-order valence-corrected chi connectivity index (χ1v) is 5.78. The summed E-state index contributed by atoms with van der Waals surface area (Å²) in [5.41, 5.74) is 0.757. The smallest absolute Gasteiger partial charge is 0.201 e. The first-order chi connectivity index (χ1) is 8.25. The summed E-state index contributed by atoms with van der Waals surface area (Å²) in [5.74, 6) is -0.648. The van der Waals surface area contributed by atoms with Crippen molar-refractivity contribution in [1.29, 1.82) is 0 Å². The quantitative estimate of drug-likeness (QED) is 0.591. The SMILES string of the molecule is COC1(OC)CC2(c3ccccc3)C=CC1O2. The van der Waals surface area contributed by atoms with Gasteiger partial charge in [-0.1, -0.05) is 36.4 Å². The highest BCUT2D eigenvalue weighted by Crippen LogP contribution is 2.52. The highest BCUT2D eigenvalue weighted by atomic mass is 16.7. The molecule has 1 aromatic carbocycles. The summed E-state index contributed by atoms with van der Waals surface area (Å²) in [5, 5.41) is 0. The van der Waals surface area contributed by atoms with Crippen molar-refractivity contribution in [3.05, 3.63) is 48.0 Å². The zero-order valence-electron chi connectivity index (χ0n) is 10.1. The summed E-state index contributed by atoms with van der Waals surface area (Å²) in [6.07, 6.45) is 4.71. The van der Waals surface area contributed by atoms with Gasteiger partial charge in [-0.2, -0.15) is 0 Å². The van der Waals surface area contributed by atoms with Crippen LogP contribution in [0.3, 0.4) is 0 Å². The fourth-order valence-corrected chi connectivity index (χ4v) is 2.80. The van der Waals surface area contributed by atoms with Gasteiger partial charge >= 0.3 is 0 Å². The van der Waals surface area contributed by atoms with Gasteiger partial charge in [-0.15, -0.1) is 0 Å². The van der Waals surface area contributed by atoms with Crippen LogP contribution < -0.4 is 0 Å². The van der Waals surface area contributed by atoms with Crippen LogP contribution in [0.5, 0.6) is 0 Å². The molecule has 2 aliphatic rings. The number of hydrogen-bond acceptors (Lipinski definition) is 3. The molecule has 2 unspecified atom stereocenters. The van der Waals surface area contributed by atoms with Crippen LogP contribution in [-0.4, -0.2) is 26.1 Å². The van der Waals surface area contributed by atoms with E-state index >= 15 is 0 Å². The van der Waals surface area contributed by atoms with E-state index in [0.29, 0.717) is 6.42 Å². The van der Waals surface area contributed by atoms with Crippen LogP contribution in [-0.2, 0) is 19.8 Å². The summed E-state index contributed by atoms with van der Waals surface area (Å²) in [6, 6.07) is 10.2. The molecule has 0 radical (unpaired) electrons. The number of rotatable bonds is 3. The first-order valence-electron chi connectivity index (χ1n) is 5.78. The third kappa shape index (κ3) is 1.40. The molecule has 0 aliphatic carbocycles. The summed E-state index contributed by atoms with van der Waals surface area (Å²) in [4.78, 5) is 0. The van der Waals surface area contributed by atoms with Crippen LogP contribution in [0, 0.1) is 0 Å². The molecule has 17 heavy (non-hydrogen) atoms. The molecule has 2 bridgehead atoms. The molecule has 2 aliphatic heterocycles. The van der Waals surface area contributed by atoms with E-state index in [-0.39, 0.29) is 6.10 Å². The van der Waals surface area contributed by atoms with Gasteiger partial charge in [0.2, 0.25) is 5.79 Å². The molecule has 3 heteroatoms. The Kier molecular flexibility index (Phi) is 2.36. The molecule has 90 valence electrons. The van der Waals surface area contributed by atoms with Crippen molar-refractivity contribution < 1.29 is 14.2 Å². The molecule has 0 N–H and O–H groups in total.